The second kappa shape index (κ2) is 11.3. The van der Waals surface area contributed by atoms with Crippen molar-refractivity contribution < 1.29 is 14.4 Å². The predicted octanol–water partition coefficient (Wildman–Crippen LogP) is 3.11. The maximum Gasteiger partial charge on any atom is 0.269 e. The lowest BCUT2D eigenvalue weighted by atomic mass is 10.2. The van der Waals surface area contributed by atoms with Gasteiger partial charge in [0.2, 0.25) is 6.79 Å². The number of nitrogens with one attached hydrogen (secondary N) is 3. The quantitative estimate of drug-likeness (QED) is 0.124. The zero-order valence-corrected chi connectivity index (χ0v) is 18.3. The standard InChI is InChI=1S/C19H23N5O4.HI/c1-2-20-19(23-12-14-3-8-17-18(11-14)28-13-27-17)22-10-9-21-15-4-6-16(7-5-15)24(25)26;/h3-8,11,21H,2,9-10,12-13H2,1H3,(H2,20,22,23);1H. The number of aliphatic imine (C=N–C) groups is 1. The van der Waals surface area contributed by atoms with Gasteiger partial charge in [-0.05, 0) is 36.8 Å². The molecule has 2 aromatic carbocycles. The summed E-state index contributed by atoms with van der Waals surface area (Å²) in [5, 5.41) is 20.3. The largest absolute Gasteiger partial charge is 0.454 e. The van der Waals surface area contributed by atoms with Crippen molar-refractivity contribution in [3.05, 3.63) is 58.1 Å². The number of fused-ring (bicyclic) bond motifs is 1. The predicted molar refractivity (Wildman–Crippen MR) is 122 cm³/mol. The summed E-state index contributed by atoms with van der Waals surface area (Å²) in [6.45, 7) is 4.82. The third-order valence-electron chi connectivity index (χ3n) is 4.03. The molecule has 1 aliphatic heterocycles. The normalized spacial score (nSPS) is 12.1. The molecule has 1 heterocycles. The van der Waals surface area contributed by atoms with Crippen molar-refractivity contribution in [1.82, 2.24) is 10.6 Å². The fourth-order valence-corrected chi connectivity index (χ4v) is 2.64. The molecule has 156 valence electrons. The van der Waals surface area contributed by atoms with Gasteiger partial charge in [-0.3, -0.25) is 10.1 Å². The van der Waals surface area contributed by atoms with Crippen LogP contribution in [0, 0.1) is 10.1 Å². The van der Waals surface area contributed by atoms with E-state index in [9.17, 15) is 10.1 Å². The molecule has 0 unspecified atom stereocenters. The lowest BCUT2D eigenvalue weighted by Gasteiger charge is -2.12. The highest BCUT2D eigenvalue weighted by molar-refractivity contribution is 14.0. The van der Waals surface area contributed by atoms with E-state index >= 15 is 0 Å². The summed E-state index contributed by atoms with van der Waals surface area (Å²) in [5.74, 6) is 2.22. The molecule has 0 saturated carbocycles. The third kappa shape index (κ3) is 6.66. The summed E-state index contributed by atoms with van der Waals surface area (Å²) in [6, 6.07) is 12.1. The number of benzene rings is 2. The number of rotatable bonds is 8. The second-order valence-electron chi connectivity index (χ2n) is 6.04. The molecule has 0 aromatic heterocycles. The Labute approximate surface area is 186 Å². The number of hydrogen-bond acceptors (Lipinski definition) is 6. The van der Waals surface area contributed by atoms with E-state index in [0.717, 1.165) is 29.3 Å². The van der Waals surface area contributed by atoms with Gasteiger partial charge in [0.25, 0.3) is 5.69 Å². The van der Waals surface area contributed by atoms with E-state index in [1.54, 1.807) is 12.1 Å². The molecule has 3 rings (SSSR count). The minimum absolute atomic E-state index is 0. The van der Waals surface area contributed by atoms with Crippen LogP contribution < -0.4 is 25.4 Å². The van der Waals surface area contributed by atoms with E-state index in [2.05, 4.69) is 20.9 Å². The highest BCUT2D eigenvalue weighted by Gasteiger charge is 2.13. The van der Waals surface area contributed by atoms with Gasteiger partial charge in [0.1, 0.15) is 0 Å². The minimum Gasteiger partial charge on any atom is -0.454 e. The number of halogens is 1. The Morgan fingerprint density at radius 3 is 2.59 bits per heavy atom. The summed E-state index contributed by atoms with van der Waals surface area (Å²) < 4.78 is 10.7. The molecule has 0 atom stereocenters. The molecule has 9 nitrogen and oxygen atoms in total. The molecule has 0 radical (unpaired) electrons. The van der Waals surface area contributed by atoms with Crippen molar-refractivity contribution in [2.75, 3.05) is 31.7 Å². The van der Waals surface area contributed by atoms with E-state index in [4.69, 9.17) is 9.47 Å². The van der Waals surface area contributed by atoms with Crippen LogP contribution >= 0.6 is 24.0 Å². The van der Waals surface area contributed by atoms with Crippen LogP contribution in [0.2, 0.25) is 0 Å². The molecule has 1 aliphatic rings. The number of nitro groups is 1. The van der Waals surface area contributed by atoms with Crippen LogP contribution in [0.5, 0.6) is 11.5 Å². The minimum atomic E-state index is -0.412. The molecule has 3 N–H and O–H groups in total. The van der Waals surface area contributed by atoms with Crippen LogP contribution in [-0.4, -0.2) is 37.3 Å². The van der Waals surface area contributed by atoms with Gasteiger partial charge in [-0.2, -0.15) is 0 Å². The molecule has 0 aliphatic carbocycles. The molecule has 0 amide bonds. The van der Waals surface area contributed by atoms with Gasteiger partial charge in [-0.25, -0.2) is 4.99 Å². The first-order valence-corrected chi connectivity index (χ1v) is 9.04. The van der Waals surface area contributed by atoms with Crippen LogP contribution in [-0.2, 0) is 6.54 Å². The monoisotopic (exact) mass is 513 g/mol. The van der Waals surface area contributed by atoms with Crippen LogP contribution in [0.4, 0.5) is 11.4 Å². The van der Waals surface area contributed by atoms with Gasteiger partial charge in [0, 0.05) is 37.5 Å². The summed E-state index contributed by atoms with van der Waals surface area (Å²) in [6.07, 6.45) is 0. The molecule has 0 saturated heterocycles. The Morgan fingerprint density at radius 2 is 1.86 bits per heavy atom. The van der Waals surface area contributed by atoms with E-state index in [-0.39, 0.29) is 36.5 Å². The zero-order valence-electron chi connectivity index (χ0n) is 16.0. The fourth-order valence-electron chi connectivity index (χ4n) is 2.64. The van der Waals surface area contributed by atoms with Crippen molar-refractivity contribution in [2.45, 2.75) is 13.5 Å². The van der Waals surface area contributed by atoms with Gasteiger partial charge in [0.05, 0.1) is 11.5 Å². The van der Waals surface area contributed by atoms with Gasteiger partial charge in [-0.15, -0.1) is 24.0 Å². The van der Waals surface area contributed by atoms with E-state index in [1.807, 2.05) is 25.1 Å². The lowest BCUT2D eigenvalue weighted by molar-refractivity contribution is -0.384. The van der Waals surface area contributed by atoms with Crippen LogP contribution in [0.3, 0.4) is 0 Å². The lowest BCUT2D eigenvalue weighted by Crippen LogP contribution is -2.39. The van der Waals surface area contributed by atoms with Crippen LogP contribution in [0.15, 0.2) is 47.5 Å². The Bertz CT molecular complexity index is 845. The Hall–Kier alpha value is -2.76. The van der Waals surface area contributed by atoms with Crippen LogP contribution in [0.1, 0.15) is 12.5 Å². The van der Waals surface area contributed by atoms with Crippen LogP contribution in [0.25, 0.3) is 0 Å². The van der Waals surface area contributed by atoms with E-state index in [0.29, 0.717) is 25.6 Å². The number of anilines is 1. The van der Waals surface area contributed by atoms with Crippen molar-refractivity contribution in [3.63, 3.8) is 0 Å². The number of hydrogen-bond donors (Lipinski definition) is 3. The fraction of sp³-hybridized carbons (Fsp3) is 0.316. The first-order chi connectivity index (χ1) is 13.7. The van der Waals surface area contributed by atoms with Gasteiger partial charge >= 0.3 is 0 Å². The molecule has 0 spiro atoms. The van der Waals surface area contributed by atoms with Crippen molar-refractivity contribution in [1.29, 1.82) is 0 Å². The average Bonchev–Trinajstić information content (AvgIpc) is 3.17. The number of non-ortho nitro benzene ring substituents is 1. The Balaban J connectivity index is 0.00000300. The van der Waals surface area contributed by atoms with Crippen molar-refractivity contribution >= 4 is 41.3 Å². The second-order valence-corrected chi connectivity index (χ2v) is 6.04. The SMILES string of the molecule is CCNC(=NCc1ccc2c(c1)OCO2)NCCNc1ccc([N+](=O)[O-])cc1.I. The van der Waals surface area contributed by atoms with Crippen molar-refractivity contribution in [3.8, 4) is 11.5 Å². The molecule has 10 heteroatoms. The number of nitro benzene ring substituents is 1. The first kappa shape index (κ1) is 22.5. The highest BCUT2D eigenvalue weighted by atomic mass is 127. The van der Waals surface area contributed by atoms with Gasteiger partial charge in [-0.1, -0.05) is 6.07 Å². The summed E-state index contributed by atoms with van der Waals surface area (Å²) in [5.41, 5.74) is 1.94. The number of guanidine groups is 1. The van der Waals surface area contributed by atoms with Gasteiger partial charge < -0.3 is 25.4 Å². The third-order valence-corrected chi connectivity index (χ3v) is 4.03. The highest BCUT2D eigenvalue weighted by Crippen LogP contribution is 2.32. The van der Waals surface area contributed by atoms with E-state index in [1.165, 1.54) is 12.1 Å². The molecule has 2 aromatic rings. The summed E-state index contributed by atoms with van der Waals surface area (Å²) >= 11 is 0. The van der Waals surface area contributed by atoms with E-state index < -0.39 is 4.92 Å². The number of nitrogens with zero attached hydrogens (tertiary/aromatic N) is 2. The zero-order chi connectivity index (χ0) is 19.8. The van der Waals surface area contributed by atoms with Crippen molar-refractivity contribution in [2.24, 2.45) is 4.99 Å². The molecule has 29 heavy (non-hydrogen) atoms. The maximum absolute atomic E-state index is 10.7. The topological polar surface area (TPSA) is 110 Å². The smallest absolute Gasteiger partial charge is 0.269 e. The Kier molecular flexibility index (Phi) is 8.77. The summed E-state index contributed by atoms with van der Waals surface area (Å²) in [7, 11) is 0. The maximum atomic E-state index is 10.7. The molecule has 0 bridgehead atoms. The van der Waals surface area contributed by atoms with Gasteiger partial charge in [0.15, 0.2) is 17.5 Å². The summed E-state index contributed by atoms with van der Waals surface area (Å²) in [4.78, 5) is 14.8. The molecule has 0 fully saturated rings. The Morgan fingerprint density at radius 1 is 1.10 bits per heavy atom. The first-order valence-electron chi connectivity index (χ1n) is 9.04. The number of ether oxygens (including phenoxy) is 2. The molecular weight excluding hydrogens is 489 g/mol. The average molecular weight is 513 g/mol. The molecular formula is C19H24IN5O4.